The molecule has 58 valence electrons. The Balaban J connectivity index is 3.01. The van der Waals surface area contributed by atoms with Gasteiger partial charge in [-0.15, -0.1) is 0 Å². The number of hydrogen-bond acceptors (Lipinski definition) is 3. The van der Waals surface area contributed by atoms with Gasteiger partial charge in [-0.2, -0.15) is 0 Å². The Kier molecular flexibility index (Phi) is 2.18. The van der Waals surface area contributed by atoms with Crippen LogP contribution in [0, 0.1) is 0 Å². The van der Waals surface area contributed by atoms with E-state index in [1.165, 1.54) is 18.3 Å². The fraction of sp³-hybridized carbons (Fsp3) is 0.143. The SMILES string of the molecule is NC(=O)c1ccnc(CO)c1. The van der Waals surface area contributed by atoms with E-state index in [1.54, 1.807) is 0 Å². The van der Waals surface area contributed by atoms with Gasteiger partial charge in [0.1, 0.15) is 0 Å². The smallest absolute Gasteiger partial charge is 0.248 e. The fourth-order valence-electron chi connectivity index (χ4n) is 0.718. The predicted octanol–water partition coefficient (Wildman–Crippen LogP) is -0.327. The minimum atomic E-state index is -0.512. The number of nitrogens with zero attached hydrogens (tertiary/aromatic N) is 1. The maximum Gasteiger partial charge on any atom is 0.248 e. The van der Waals surface area contributed by atoms with Crippen molar-refractivity contribution in [1.82, 2.24) is 4.98 Å². The second kappa shape index (κ2) is 3.12. The molecule has 1 amide bonds. The van der Waals surface area contributed by atoms with Gasteiger partial charge in [0.05, 0.1) is 12.3 Å². The van der Waals surface area contributed by atoms with Crippen LogP contribution in [0.15, 0.2) is 18.3 Å². The topological polar surface area (TPSA) is 76.2 Å². The van der Waals surface area contributed by atoms with Crippen molar-refractivity contribution in [3.8, 4) is 0 Å². The third-order valence-corrected chi connectivity index (χ3v) is 1.26. The summed E-state index contributed by atoms with van der Waals surface area (Å²) in [6.07, 6.45) is 1.44. The molecule has 0 atom stereocenters. The second-order valence-corrected chi connectivity index (χ2v) is 2.06. The lowest BCUT2D eigenvalue weighted by atomic mass is 10.2. The molecule has 0 fully saturated rings. The van der Waals surface area contributed by atoms with Gasteiger partial charge in [0.15, 0.2) is 0 Å². The molecule has 0 aliphatic rings. The number of aliphatic hydroxyl groups is 1. The monoisotopic (exact) mass is 152 g/mol. The summed E-state index contributed by atoms with van der Waals surface area (Å²) in [6, 6.07) is 2.96. The lowest BCUT2D eigenvalue weighted by molar-refractivity contribution is 0.1000. The van der Waals surface area contributed by atoms with E-state index in [9.17, 15) is 4.79 Å². The van der Waals surface area contributed by atoms with Gasteiger partial charge < -0.3 is 10.8 Å². The lowest BCUT2D eigenvalue weighted by Crippen LogP contribution is -2.11. The molecule has 4 nitrogen and oxygen atoms in total. The van der Waals surface area contributed by atoms with E-state index in [0.29, 0.717) is 11.3 Å². The molecule has 0 aliphatic carbocycles. The molecule has 0 saturated carbocycles. The molecule has 1 aromatic heterocycles. The Morgan fingerprint density at radius 3 is 3.00 bits per heavy atom. The van der Waals surface area contributed by atoms with E-state index in [4.69, 9.17) is 10.8 Å². The van der Waals surface area contributed by atoms with Crippen molar-refractivity contribution < 1.29 is 9.90 Å². The Hall–Kier alpha value is -1.42. The van der Waals surface area contributed by atoms with Crippen LogP contribution < -0.4 is 5.73 Å². The van der Waals surface area contributed by atoms with Gasteiger partial charge in [0, 0.05) is 11.8 Å². The summed E-state index contributed by atoms with van der Waals surface area (Å²) in [5.74, 6) is -0.512. The number of amides is 1. The van der Waals surface area contributed by atoms with Gasteiger partial charge in [0.25, 0.3) is 0 Å². The van der Waals surface area contributed by atoms with E-state index in [1.807, 2.05) is 0 Å². The molecule has 0 spiro atoms. The number of aromatic nitrogens is 1. The Morgan fingerprint density at radius 1 is 1.73 bits per heavy atom. The summed E-state index contributed by atoms with van der Waals surface area (Å²) in [5.41, 5.74) is 5.80. The van der Waals surface area contributed by atoms with Crippen molar-refractivity contribution >= 4 is 5.91 Å². The number of hydrogen-bond donors (Lipinski definition) is 2. The zero-order valence-corrected chi connectivity index (χ0v) is 5.82. The largest absolute Gasteiger partial charge is 0.390 e. The first-order chi connectivity index (χ1) is 5.24. The van der Waals surface area contributed by atoms with E-state index in [2.05, 4.69) is 4.98 Å². The van der Waals surface area contributed by atoms with Crippen LogP contribution >= 0.6 is 0 Å². The zero-order chi connectivity index (χ0) is 8.27. The molecule has 3 N–H and O–H groups in total. The molecular formula is C7H8N2O2. The summed E-state index contributed by atoms with van der Waals surface area (Å²) < 4.78 is 0. The second-order valence-electron chi connectivity index (χ2n) is 2.06. The summed E-state index contributed by atoms with van der Waals surface area (Å²) in [7, 11) is 0. The highest BCUT2D eigenvalue weighted by Crippen LogP contribution is 1.99. The van der Waals surface area contributed by atoms with Gasteiger partial charge in [-0.05, 0) is 12.1 Å². The summed E-state index contributed by atoms with van der Waals surface area (Å²) >= 11 is 0. The quantitative estimate of drug-likeness (QED) is 0.609. The number of pyridine rings is 1. The molecule has 0 aliphatic heterocycles. The third-order valence-electron chi connectivity index (χ3n) is 1.26. The molecule has 4 heteroatoms. The van der Waals surface area contributed by atoms with E-state index in [-0.39, 0.29) is 6.61 Å². The Morgan fingerprint density at radius 2 is 2.45 bits per heavy atom. The number of carbonyl (C=O) groups is 1. The van der Waals surface area contributed by atoms with Crippen molar-refractivity contribution in [2.75, 3.05) is 0 Å². The number of rotatable bonds is 2. The van der Waals surface area contributed by atoms with Gasteiger partial charge >= 0.3 is 0 Å². The summed E-state index contributed by atoms with van der Waals surface area (Å²) in [5, 5.41) is 8.63. The fourth-order valence-corrected chi connectivity index (χ4v) is 0.718. The molecule has 1 rings (SSSR count). The van der Waals surface area contributed by atoms with Crippen molar-refractivity contribution in [2.45, 2.75) is 6.61 Å². The Labute approximate surface area is 63.7 Å². The van der Waals surface area contributed by atoms with Crippen molar-refractivity contribution in [2.24, 2.45) is 5.73 Å². The van der Waals surface area contributed by atoms with Crippen LogP contribution in [-0.2, 0) is 6.61 Å². The molecule has 0 unspecified atom stereocenters. The number of aliphatic hydroxyl groups excluding tert-OH is 1. The van der Waals surface area contributed by atoms with Gasteiger partial charge in [-0.1, -0.05) is 0 Å². The third kappa shape index (κ3) is 1.75. The van der Waals surface area contributed by atoms with Gasteiger partial charge in [0.2, 0.25) is 5.91 Å². The van der Waals surface area contributed by atoms with Crippen LogP contribution in [-0.4, -0.2) is 16.0 Å². The standard InChI is InChI=1S/C7H8N2O2/c8-7(11)5-1-2-9-6(3-5)4-10/h1-3,10H,4H2,(H2,8,11). The minimum Gasteiger partial charge on any atom is -0.390 e. The van der Waals surface area contributed by atoms with Crippen LogP contribution in [0.2, 0.25) is 0 Å². The molecule has 0 radical (unpaired) electrons. The summed E-state index contributed by atoms with van der Waals surface area (Å²) in [6.45, 7) is -0.179. The first kappa shape index (κ1) is 7.68. The van der Waals surface area contributed by atoms with E-state index in [0.717, 1.165) is 0 Å². The van der Waals surface area contributed by atoms with E-state index < -0.39 is 5.91 Å². The first-order valence-corrected chi connectivity index (χ1v) is 3.09. The molecular weight excluding hydrogens is 144 g/mol. The van der Waals surface area contributed by atoms with E-state index >= 15 is 0 Å². The first-order valence-electron chi connectivity index (χ1n) is 3.09. The van der Waals surface area contributed by atoms with Crippen LogP contribution in [0.5, 0.6) is 0 Å². The predicted molar refractivity (Wildman–Crippen MR) is 38.7 cm³/mol. The minimum absolute atomic E-state index is 0.179. The maximum atomic E-state index is 10.6. The van der Waals surface area contributed by atoms with Crippen molar-refractivity contribution in [1.29, 1.82) is 0 Å². The highest BCUT2D eigenvalue weighted by Gasteiger charge is 2.00. The molecule has 1 heterocycles. The highest BCUT2D eigenvalue weighted by atomic mass is 16.3. The number of primary amides is 1. The number of nitrogens with two attached hydrogens (primary N) is 1. The molecule has 0 saturated heterocycles. The Bertz CT molecular complexity index is 273. The maximum absolute atomic E-state index is 10.6. The molecule has 11 heavy (non-hydrogen) atoms. The number of carbonyl (C=O) groups excluding carboxylic acids is 1. The lowest BCUT2D eigenvalue weighted by Gasteiger charge is -1.96. The molecule has 1 aromatic rings. The van der Waals surface area contributed by atoms with Crippen LogP contribution in [0.3, 0.4) is 0 Å². The highest BCUT2D eigenvalue weighted by molar-refractivity contribution is 5.92. The molecule has 0 aromatic carbocycles. The van der Waals surface area contributed by atoms with Crippen LogP contribution in [0.25, 0.3) is 0 Å². The van der Waals surface area contributed by atoms with Gasteiger partial charge in [-0.25, -0.2) is 0 Å². The summed E-state index contributed by atoms with van der Waals surface area (Å²) in [4.78, 5) is 14.4. The van der Waals surface area contributed by atoms with Crippen LogP contribution in [0.1, 0.15) is 16.1 Å². The normalized spacial score (nSPS) is 9.55. The van der Waals surface area contributed by atoms with Crippen LogP contribution in [0.4, 0.5) is 0 Å². The zero-order valence-electron chi connectivity index (χ0n) is 5.82. The molecule has 0 bridgehead atoms. The van der Waals surface area contributed by atoms with Crippen molar-refractivity contribution in [3.05, 3.63) is 29.6 Å². The van der Waals surface area contributed by atoms with Gasteiger partial charge in [-0.3, -0.25) is 9.78 Å². The average molecular weight is 152 g/mol. The average Bonchev–Trinajstić information content (AvgIpc) is 2.05. The van der Waals surface area contributed by atoms with Crippen molar-refractivity contribution in [3.63, 3.8) is 0 Å².